The molecule has 5 heteroatoms. The minimum atomic E-state index is -0.276. The largest absolute Gasteiger partial charge is 0.443 e. The lowest BCUT2D eigenvalue weighted by molar-refractivity contribution is 0.134. The number of nitrogens with two attached hydrogens (primary N) is 1. The summed E-state index contributed by atoms with van der Waals surface area (Å²) in [5, 5.41) is 0. The van der Waals surface area contributed by atoms with Gasteiger partial charge in [0.1, 0.15) is 6.10 Å². The van der Waals surface area contributed by atoms with Crippen molar-refractivity contribution in [3.63, 3.8) is 0 Å². The first-order chi connectivity index (χ1) is 6.79. The van der Waals surface area contributed by atoms with Crippen molar-refractivity contribution in [2.45, 2.75) is 12.6 Å². The summed E-state index contributed by atoms with van der Waals surface area (Å²) in [5.41, 5.74) is 6.49. The maximum absolute atomic E-state index is 11.3. The van der Waals surface area contributed by atoms with Gasteiger partial charge in [0, 0.05) is 18.9 Å². The summed E-state index contributed by atoms with van der Waals surface area (Å²) in [6, 6.07) is 1.93. The standard InChI is InChI=1S/C9H13N3O2/c10-3-8-6-12(9(13)14-8)5-7-1-2-11-4-7/h1-2,4,8,11H,3,5-6,10H2. The van der Waals surface area contributed by atoms with E-state index in [9.17, 15) is 4.79 Å². The molecular weight excluding hydrogens is 182 g/mol. The van der Waals surface area contributed by atoms with Crippen LogP contribution in [-0.4, -0.2) is 35.2 Å². The number of H-pyrrole nitrogens is 1. The van der Waals surface area contributed by atoms with E-state index in [0.29, 0.717) is 19.6 Å². The van der Waals surface area contributed by atoms with E-state index in [1.165, 1.54) is 0 Å². The van der Waals surface area contributed by atoms with Crippen LogP contribution in [0.15, 0.2) is 18.5 Å². The highest BCUT2D eigenvalue weighted by atomic mass is 16.6. The highest BCUT2D eigenvalue weighted by Gasteiger charge is 2.29. The average Bonchev–Trinajstić information content (AvgIpc) is 2.78. The van der Waals surface area contributed by atoms with Crippen molar-refractivity contribution in [3.05, 3.63) is 24.0 Å². The lowest BCUT2D eigenvalue weighted by atomic mass is 10.3. The fourth-order valence-corrected chi connectivity index (χ4v) is 1.50. The molecule has 0 aromatic carbocycles. The van der Waals surface area contributed by atoms with E-state index in [1.54, 1.807) is 4.90 Å². The summed E-state index contributed by atoms with van der Waals surface area (Å²) in [6.45, 7) is 1.55. The average molecular weight is 195 g/mol. The number of aromatic nitrogens is 1. The van der Waals surface area contributed by atoms with Gasteiger partial charge in [-0.25, -0.2) is 4.79 Å². The predicted molar refractivity (Wildman–Crippen MR) is 50.5 cm³/mol. The quantitative estimate of drug-likeness (QED) is 0.728. The van der Waals surface area contributed by atoms with E-state index in [1.807, 2.05) is 18.5 Å². The number of nitrogens with zero attached hydrogens (tertiary/aromatic N) is 1. The van der Waals surface area contributed by atoms with Crippen molar-refractivity contribution >= 4 is 6.09 Å². The third kappa shape index (κ3) is 1.72. The second-order valence-corrected chi connectivity index (χ2v) is 3.34. The molecule has 3 N–H and O–H groups in total. The topological polar surface area (TPSA) is 71.3 Å². The van der Waals surface area contributed by atoms with Gasteiger partial charge in [0.2, 0.25) is 0 Å². The molecule has 1 saturated heterocycles. The van der Waals surface area contributed by atoms with Crippen molar-refractivity contribution in [2.24, 2.45) is 5.73 Å². The zero-order valence-electron chi connectivity index (χ0n) is 7.77. The summed E-state index contributed by atoms with van der Waals surface area (Å²) in [7, 11) is 0. The Bertz CT molecular complexity index is 310. The van der Waals surface area contributed by atoms with Crippen LogP contribution >= 0.6 is 0 Å². The summed E-state index contributed by atoms with van der Waals surface area (Å²) < 4.78 is 5.02. The molecule has 1 amide bonds. The van der Waals surface area contributed by atoms with E-state index in [4.69, 9.17) is 10.5 Å². The van der Waals surface area contributed by atoms with Crippen LogP contribution in [0.3, 0.4) is 0 Å². The number of aromatic amines is 1. The van der Waals surface area contributed by atoms with Gasteiger partial charge in [0.05, 0.1) is 13.1 Å². The molecule has 0 radical (unpaired) electrons. The van der Waals surface area contributed by atoms with E-state index < -0.39 is 0 Å². The number of hydrogen-bond donors (Lipinski definition) is 2. The van der Waals surface area contributed by atoms with Crippen LogP contribution in [-0.2, 0) is 11.3 Å². The van der Waals surface area contributed by atoms with E-state index in [2.05, 4.69) is 4.98 Å². The molecular formula is C9H13N3O2. The molecule has 0 aliphatic carbocycles. The number of carbonyl (C=O) groups excluding carboxylic acids is 1. The third-order valence-corrected chi connectivity index (χ3v) is 2.25. The van der Waals surface area contributed by atoms with Gasteiger partial charge in [-0.15, -0.1) is 0 Å². The van der Waals surface area contributed by atoms with Crippen molar-refractivity contribution in [1.29, 1.82) is 0 Å². The normalized spacial score (nSPS) is 21.4. The maximum atomic E-state index is 11.3. The lowest BCUT2D eigenvalue weighted by Crippen LogP contribution is -2.27. The Balaban J connectivity index is 1.96. The highest BCUT2D eigenvalue weighted by molar-refractivity contribution is 5.69. The molecule has 76 valence electrons. The second kappa shape index (κ2) is 3.71. The van der Waals surface area contributed by atoms with Gasteiger partial charge in [-0.3, -0.25) is 0 Å². The van der Waals surface area contributed by atoms with Crippen molar-refractivity contribution in [3.8, 4) is 0 Å². The Morgan fingerprint density at radius 1 is 1.71 bits per heavy atom. The third-order valence-electron chi connectivity index (χ3n) is 2.25. The molecule has 0 saturated carbocycles. The monoisotopic (exact) mass is 195 g/mol. The minimum Gasteiger partial charge on any atom is -0.443 e. The van der Waals surface area contributed by atoms with E-state index >= 15 is 0 Å². The molecule has 1 unspecified atom stereocenters. The molecule has 2 rings (SSSR count). The van der Waals surface area contributed by atoms with E-state index in [-0.39, 0.29) is 12.2 Å². The Hall–Kier alpha value is -1.49. The van der Waals surface area contributed by atoms with Gasteiger partial charge in [0.25, 0.3) is 0 Å². The van der Waals surface area contributed by atoms with Gasteiger partial charge in [-0.1, -0.05) is 0 Å². The molecule has 1 atom stereocenters. The fraction of sp³-hybridized carbons (Fsp3) is 0.444. The highest BCUT2D eigenvalue weighted by Crippen LogP contribution is 2.13. The number of carbonyl (C=O) groups is 1. The van der Waals surface area contributed by atoms with Crippen LogP contribution in [0.5, 0.6) is 0 Å². The zero-order valence-corrected chi connectivity index (χ0v) is 7.77. The Kier molecular flexibility index (Phi) is 2.41. The fourth-order valence-electron chi connectivity index (χ4n) is 1.50. The molecule has 2 heterocycles. The summed E-state index contributed by atoms with van der Waals surface area (Å²) in [5.74, 6) is 0. The minimum absolute atomic E-state index is 0.151. The Morgan fingerprint density at radius 3 is 3.14 bits per heavy atom. The van der Waals surface area contributed by atoms with Crippen LogP contribution < -0.4 is 5.73 Å². The van der Waals surface area contributed by atoms with Crippen LogP contribution in [0.25, 0.3) is 0 Å². The van der Waals surface area contributed by atoms with Crippen LogP contribution in [0, 0.1) is 0 Å². The molecule has 5 nitrogen and oxygen atoms in total. The predicted octanol–water partition coefficient (Wildman–Crippen LogP) is 0.294. The number of ether oxygens (including phenoxy) is 1. The molecule has 0 bridgehead atoms. The molecule has 0 spiro atoms. The van der Waals surface area contributed by atoms with E-state index in [0.717, 1.165) is 5.56 Å². The van der Waals surface area contributed by atoms with Crippen molar-refractivity contribution in [2.75, 3.05) is 13.1 Å². The summed E-state index contributed by atoms with van der Waals surface area (Å²) in [4.78, 5) is 15.9. The molecule has 1 aromatic rings. The number of rotatable bonds is 3. The van der Waals surface area contributed by atoms with Gasteiger partial charge in [-0.2, -0.15) is 0 Å². The van der Waals surface area contributed by atoms with Gasteiger partial charge in [0.15, 0.2) is 0 Å². The first-order valence-electron chi connectivity index (χ1n) is 4.57. The number of cyclic esters (lactones) is 1. The summed E-state index contributed by atoms with van der Waals surface area (Å²) in [6.07, 6.45) is 3.27. The Morgan fingerprint density at radius 2 is 2.57 bits per heavy atom. The summed E-state index contributed by atoms with van der Waals surface area (Å²) >= 11 is 0. The molecule has 1 aliphatic heterocycles. The van der Waals surface area contributed by atoms with Gasteiger partial charge >= 0.3 is 6.09 Å². The van der Waals surface area contributed by atoms with Gasteiger partial charge < -0.3 is 20.4 Å². The van der Waals surface area contributed by atoms with Crippen molar-refractivity contribution in [1.82, 2.24) is 9.88 Å². The van der Waals surface area contributed by atoms with Crippen LogP contribution in [0.2, 0.25) is 0 Å². The number of hydrogen-bond acceptors (Lipinski definition) is 3. The molecule has 1 fully saturated rings. The molecule has 1 aliphatic rings. The SMILES string of the molecule is NCC1CN(Cc2cc[nH]c2)C(=O)O1. The Labute approximate surface area is 81.8 Å². The molecule has 1 aromatic heterocycles. The second-order valence-electron chi connectivity index (χ2n) is 3.34. The lowest BCUT2D eigenvalue weighted by Gasteiger charge is -2.10. The number of nitrogens with one attached hydrogen (secondary N) is 1. The first kappa shape index (κ1) is 9.08. The van der Waals surface area contributed by atoms with Crippen LogP contribution in [0.1, 0.15) is 5.56 Å². The maximum Gasteiger partial charge on any atom is 0.410 e. The van der Waals surface area contributed by atoms with Crippen molar-refractivity contribution < 1.29 is 9.53 Å². The zero-order chi connectivity index (χ0) is 9.97. The first-order valence-corrected chi connectivity index (χ1v) is 4.57. The smallest absolute Gasteiger partial charge is 0.410 e. The molecule has 14 heavy (non-hydrogen) atoms. The van der Waals surface area contributed by atoms with Crippen LogP contribution in [0.4, 0.5) is 4.79 Å². The van der Waals surface area contributed by atoms with Gasteiger partial charge in [-0.05, 0) is 11.6 Å². The number of amides is 1.